The van der Waals surface area contributed by atoms with Gasteiger partial charge in [0.15, 0.2) is 0 Å². The van der Waals surface area contributed by atoms with Crippen LogP contribution in [0.25, 0.3) is 5.95 Å². The highest BCUT2D eigenvalue weighted by atomic mass is 16.2. The molecule has 0 radical (unpaired) electrons. The predicted molar refractivity (Wildman–Crippen MR) is 87.7 cm³/mol. The van der Waals surface area contributed by atoms with E-state index in [1.807, 2.05) is 38.1 Å². The summed E-state index contributed by atoms with van der Waals surface area (Å²) in [7, 11) is 0. The van der Waals surface area contributed by atoms with Crippen molar-refractivity contribution in [2.75, 3.05) is 10.6 Å². The number of imidazole rings is 1. The predicted octanol–water partition coefficient (Wildman–Crippen LogP) is 2.92. The van der Waals surface area contributed by atoms with Crippen molar-refractivity contribution in [1.82, 2.24) is 19.5 Å². The quantitative estimate of drug-likeness (QED) is 0.779. The Labute approximate surface area is 133 Å². The standard InChI is InChI=1S/C16H16N6O/c1-11-3-5-13(6-4-11)20-16(23)21-14-9-18-15(19-10-14)22-8-7-17-12(22)2/h3-10H,1-2H3,(H2,20,21,23). The molecule has 2 heterocycles. The smallest absolute Gasteiger partial charge is 0.308 e. The van der Waals surface area contributed by atoms with Gasteiger partial charge in [-0.05, 0) is 26.0 Å². The van der Waals surface area contributed by atoms with Crippen LogP contribution in [-0.4, -0.2) is 25.6 Å². The van der Waals surface area contributed by atoms with Gasteiger partial charge in [-0.1, -0.05) is 17.7 Å². The van der Waals surface area contributed by atoms with Crippen LogP contribution >= 0.6 is 0 Å². The van der Waals surface area contributed by atoms with Crippen molar-refractivity contribution in [3.63, 3.8) is 0 Å². The molecular weight excluding hydrogens is 292 g/mol. The second kappa shape index (κ2) is 6.27. The Hall–Kier alpha value is -3.22. The molecule has 1 aromatic carbocycles. The van der Waals surface area contributed by atoms with E-state index in [4.69, 9.17) is 0 Å². The molecular formula is C16H16N6O. The lowest BCUT2D eigenvalue weighted by Gasteiger charge is -2.08. The first-order valence-corrected chi connectivity index (χ1v) is 7.09. The highest BCUT2D eigenvalue weighted by Crippen LogP contribution is 2.11. The van der Waals surface area contributed by atoms with E-state index >= 15 is 0 Å². The van der Waals surface area contributed by atoms with Crippen LogP contribution in [0.3, 0.4) is 0 Å². The summed E-state index contributed by atoms with van der Waals surface area (Å²) in [4.78, 5) is 24.5. The summed E-state index contributed by atoms with van der Waals surface area (Å²) < 4.78 is 1.76. The summed E-state index contributed by atoms with van der Waals surface area (Å²) >= 11 is 0. The number of aryl methyl sites for hydroxylation is 2. The molecule has 0 fully saturated rings. The van der Waals surface area contributed by atoms with Gasteiger partial charge >= 0.3 is 6.03 Å². The lowest BCUT2D eigenvalue weighted by Crippen LogP contribution is -2.19. The third kappa shape index (κ3) is 3.52. The maximum atomic E-state index is 11.9. The minimum absolute atomic E-state index is 0.344. The molecule has 0 bridgehead atoms. The lowest BCUT2D eigenvalue weighted by molar-refractivity contribution is 0.262. The Morgan fingerprint density at radius 1 is 0.957 bits per heavy atom. The molecule has 2 N–H and O–H groups in total. The number of nitrogens with one attached hydrogen (secondary N) is 2. The summed E-state index contributed by atoms with van der Waals surface area (Å²) in [5, 5.41) is 5.44. The van der Waals surface area contributed by atoms with Gasteiger partial charge in [-0.2, -0.15) is 0 Å². The second-order valence-electron chi connectivity index (χ2n) is 5.06. The highest BCUT2D eigenvalue weighted by molar-refractivity contribution is 5.99. The van der Waals surface area contributed by atoms with Gasteiger partial charge in [0.1, 0.15) is 5.82 Å². The van der Waals surface area contributed by atoms with E-state index in [1.54, 1.807) is 29.4 Å². The number of nitrogens with zero attached hydrogens (tertiary/aromatic N) is 4. The molecule has 0 aliphatic rings. The number of anilines is 2. The van der Waals surface area contributed by atoms with Crippen LogP contribution in [0.15, 0.2) is 49.1 Å². The van der Waals surface area contributed by atoms with Gasteiger partial charge in [0, 0.05) is 18.1 Å². The minimum atomic E-state index is -0.344. The summed E-state index contributed by atoms with van der Waals surface area (Å²) in [6.45, 7) is 3.86. The fraction of sp³-hybridized carbons (Fsp3) is 0.125. The number of rotatable bonds is 3. The largest absolute Gasteiger partial charge is 0.323 e. The van der Waals surface area contributed by atoms with Crippen LogP contribution < -0.4 is 10.6 Å². The van der Waals surface area contributed by atoms with Gasteiger partial charge in [0.25, 0.3) is 0 Å². The first-order valence-electron chi connectivity index (χ1n) is 7.09. The maximum Gasteiger partial charge on any atom is 0.323 e. The number of carbonyl (C=O) groups is 1. The fourth-order valence-electron chi connectivity index (χ4n) is 2.03. The Morgan fingerprint density at radius 3 is 2.22 bits per heavy atom. The van der Waals surface area contributed by atoms with Crippen molar-refractivity contribution >= 4 is 17.4 Å². The molecule has 0 spiro atoms. The first kappa shape index (κ1) is 14.7. The zero-order chi connectivity index (χ0) is 16.2. The van der Waals surface area contributed by atoms with Gasteiger partial charge < -0.3 is 10.6 Å². The Morgan fingerprint density at radius 2 is 1.61 bits per heavy atom. The molecule has 3 aromatic rings. The first-order chi connectivity index (χ1) is 11.1. The van der Waals surface area contributed by atoms with Crippen molar-refractivity contribution in [2.45, 2.75) is 13.8 Å². The molecule has 116 valence electrons. The van der Waals surface area contributed by atoms with Gasteiger partial charge in [0.2, 0.25) is 5.95 Å². The van der Waals surface area contributed by atoms with Crippen LogP contribution in [0, 0.1) is 13.8 Å². The summed E-state index contributed by atoms with van der Waals surface area (Å²) in [5.41, 5.74) is 2.37. The van der Waals surface area contributed by atoms with Crippen LogP contribution in [0.5, 0.6) is 0 Å². The van der Waals surface area contributed by atoms with Gasteiger partial charge in [0.05, 0.1) is 18.1 Å². The summed E-state index contributed by atoms with van der Waals surface area (Å²) in [5.74, 6) is 1.30. The fourth-order valence-corrected chi connectivity index (χ4v) is 2.03. The van der Waals surface area contributed by atoms with E-state index < -0.39 is 0 Å². The molecule has 2 aromatic heterocycles. The van der Waals surface area contributed by atoms with Crippen molar-refractivity contribution in [3.8, 4) is 5.95 Å². The number of carbonyl (C=O) groups excluding carboxylic acids is 1. The Kier molecular flexibility index (Phi) is 4.01. The number of benzene rings is 1. The van der Waals surface area contributed by atoms with Gasteiger partial charge in [-0.3, -0.25) is 4.57 Å². The Bertz CT molecular complexity index is 807. The van der Waals surface area contributed by atoms with Gasteiger partial charge in [-0.25, -0.2) is 19.7 Å². The number of hydrogen-bond donors (Lipinski definition) is 2. The van der Waals surface area contributed by atoms with E-state index in [-0.39, 0.29) is 6.03 Å². The number of hydrogen-bond acceptors (Lipinski definition) is 4. The van der Waals surface area contributed by atoms with Crippen LogP contribution in [-0.2, 0) is 0 Å². The topological polar surface area (TPSA) is 84.7 Å². The van der Waals surface area contributed by atoms with Crippen molar-refractivity contribution in [3.05, 3.63) is 60.4 Å². The van der Waals surface area contributed by atoms with Crippen molar-refractivity contribution < 1.29 is 4.79 Å². The molecule has 0 aliphatic heterocycles. The van der Waals surface area contributed by atoms with Gasteiger partial charge in [-0.15, -0.1) is 0 Å². The SMILES string of the molecule is Cc1ccc(NC(=O)Nc2cnc(-n3ccnc3C)nc2)cc1. The third-order valence-electron chi connectivity index (χ3n) is 3.25. The van der Waals surface area contributed by atoms with Crippen molar-refractivity contribution in [2.24, 2.45) is 0 Å². The average molecular weight is 308 g/mol. The lowest BCUT2D eigenvalue weighted by atomic mass is 10.2. The maximum absolute atomic E-state index is 11.9. The van der Waals surface area contributed by atoms with Crippen LogP contribution in [0.1, 0.15) is 11.4 Å². The average Bonchev–Trinajstić information content (AvgIpc) is 2.96. The zero-order valence-corrected chi connectivity index (χ0v) is 12.8. The zero-order valence-electron chi connectivity index (χ0n) is 12.8. The van der Waals surface area contributed by atoms with E-state index in [0.29, 0.717) is 11.6 Å². The van der Waals surface area contributed by atoms with Crippen LogP contribution in [0.2, 0.25) is 0 Å². The van der Waals surface area contributed by atoms with E-state index in [1.165, 1.54) is 0 Å². The minimum Gasteiger partial charge on any atom is -0.308 e. The molecule has 0 atom stereocenters. The monoisotopic (exact) mass is 308 g/mol. The van der Waals surface area contributed by atoms with E-state index in [0.717, 1.165) is 17.1 Å². The number of urea groups is 1. The van der Waals surface area contributed by atoms with E-state index in [2.05, 4.69) is 25.6 Å². The molecule has 3 rings (SSSR count). The van der Waals surface area contributed by atoms with E-state index in [9.17, 15) is 4.79 Å². The highest BCUT2D eigenvalue weighted by Gasteiger charge is 2.06. The normalized spacial score (nSPS) is 10.3. The molecule has 2 amide bonds. The Balaban J connectivity index is 1.65. The number of amides is 2. The molecule has 0 saturated carbocycles. The molecule has 0 aliphatic carbocycles. The van der Waals surface area contributed by atoms with Crippen molar-refractivity contribution in [1.29, 1.82) is 0 Å². The molecule has 0 saturated heterocycles. The molecule has 23 heavy (non-hydrogen) atoms. The molecule has 7 nitrogen and oxygen atoms in total. The molecule has 0 unspecified atom stereocenters. The van der Waals surface area contributed by atoms with Crippen LogP contribution in [0.4, 0.5) is 16.2 Å². The number of aromatic nitrogens is 4. The second-order valence-corrected chi connectivity index (χ2v) is 5.06. The summed E-state index contributed by atoms with van der Waals surface area (Å²) in [6.07, 6.45) is 6.56. The third-order valence-corrected chi connectivity index (χ3v) is 3.25. The molecule has 7 heteroatoms. The summed E-state index contributed by atoms with van der Waals surface area (Å²) in [6, 6.07) is 7.21.